The summed E-state index contributed by atoms with van der Waals surface area (Å²) >= 11 is 0. The number of nitrogens with one attached hydrogen (secondary N) is 1. The summed E-state index contributed by atoms with van der Waals surface area (Å²) in [6.07, 6.45) is 0.690. The van der Waals surface area contributed by atoms with E-state index in [1.54, 1.807) is 12.1 Å². The fourth-order valence-electron chi connectivity index (χ4n) is 1.88. The molecule has 1 rings (SSSR count). The minimum atomic E-state index is -0.246. The Morgan fingerprint density at radius 3 is 2.20 bits per heavy atom. The van der Waals surface area contributed by atoms with Crippen LogP contribution in [0.3, 0.4) is 0 Å². The Labute approximate surface area is 120 Å². The Bertz CT molecular complexity index is 429. The van der Waals surface area contributed by atoms with Gasteiger partial charge in [0.25, 0.3) is 0 Å². The standard InChI is InChI=1S/C16H25FN2O/c1-10(2)15(19-16(20)11(3)12(4)18)9-13-5-7-14(17)8-6-13/h5-8,10-12,15H,9,18H2,1-4H3,(H,19,20). The molecule has 0 spiro atoms. The third-order valence-electron chi connectivity index (χ3n) is 3.70. The first-order valence-electron chi connectivity index (χ1n) is 7.11. The number of rotatable bonds is 6. The van der Waals surface area contributed by atoms with Crippen LogP contribution in [-0.2, 0) is 11.2 Å². The summed E-state index contributed by atoms with van der Waals surface area (Å²) in [5.74, 6) is -0.195. The highest BCUT2D eigenvalue weighted by atomic mass is 19.1. The van der Waals surface area contributed by atoms with E-state index in [2.05, 4.69) is 19.2 Å². The van der Waals surface area contributed by atoms with Crippen molar-refractivity contribution in [1.82, 2.24) is 5.32 Å². The maximum absolute atomic E-state index is 12.9. The molecule has 0 fully saturated rings. The van der Waals surface area contributed by atoms with E-state index in [1.165, 1.54) is 12.1 Å². The Morgan fingerprint density at radius 2 is 1.75 bits per heavy atom. The minimum absolute atomic E-state index is 0.0224. The summed E-state index contributed by atoms with van der Waals surface area (Å²) in [5, 5.41) is 3.05. The van der Waals surface area contributed by atoms with E-state index in [1.807, 2.05) is 13.8 Å². The Kier molecular flexibility index (Phi) is 6.14. The van der Waals surface area contributed by atoms with Gasteiger partial charge in [-0.2, -0.15) is 0 Å². The zero-order valence-corrected chi connectivity index (χ0v) is 12.7. The van der Waals surface area contributed by atoms with E-state index in [9.17, 15) is 9.18 Å². The molecule has 3 unspecified atom stereocenters. The predicted octanol–water partition coefficient (Wildman–Crippen LogP) is 2.49. The van der Waals surface area contributed by atoms with E-state index < -0.39 is 0 Å². The molecular weight excluding hydrogens is 255 g/mol. The fraction of sp³-hybridized carbons (Fsp3) is 0.562. The number of hydrogen-bond donors (Lipinski definition) is 2. The molecule has 0 aliphatic carbocycles. The highest BCUT2D eigenvalue weighted by molar-refractivity contribution is 5.79. The summed E-state index contributed by atoms with van der Waals surface area (Å²) in [4.78, 5) is 12.1. The third-order valence-corrected chi connectivity index (χ3v) is 3.70. The molecule has 20 heavy (non-hydrogen) atoms. The number of carbonyl (C=O) groups is 1. The van der Waals surface area contributed by atoms with Gasteiger partial charge in [-0.15, -0.1) is 0 Å². The number of amides is 1. The van der Waals surface area contributed by atoms with Crippen LogP contribution in [0, 0.1) is 17.7 Å². The maximum Gasteiger partial charge on any atom is 0.224 e. The molecule has 3 N–H and O–H groups in total. The van der Waals surface area contributed by atoms with Crippen molar-refractivity contribution in [2.45, 2.75) is 46.2 Å². The number of hydrogen-bond acceptors (Lipinski definition) is 2. The van der Waals surface area contributed by atoms with Gasteiger partial charge in [0.05, 0.1) is 0 Å². The van der Waals surface area contributed by atoms with Gasteiger partial charge in [0, 0.05) is 18.0 Å². The van der Waals surface area contributed by atoms with Crippen molar-refractivity contribution < 1.29 is 9.18 Å². The van der Waals surface area contributed by atoms with Gasteiger partial charge in [-0.3, -0.25) is 4.79 Å². The first-order valence-corrected chi connectivity index (χ1v) is 7.11. The molecule has 0 bridgehead atoms. The summed E-state index contributed by atoms with van der Waals surface area (Å²) in [6, 6.07) is 6.25. The average Bonchev–Trinajstić information content (AvgIpc) is 2.39. The van der Waals surface area contributed by atoms with Gasteiger partial charge in [0.1, 0.15) is 5.82 Å². The Hall–Kier alpha value is -1.42. The molecule has 1 aromatic rings. The highest BCUT2D eigenvalue weighted by Crippen LogP contribution is 2.12. The van der Waals surface area contributed by atoms with Crippen LogP contribution in [0.15, 0.2) is 24.3 Å². The quantitative estimate of drug-likeness (QED) is 0.841. The summed E-state index contributed by atoms with van der Waals surface area (Å²) in [5.41, 5.74) is 6.77. The topological polar surface area (TPSA) is 55.1 Å². The number of halogens is 1. The first kappa shape index (κ1) is 16.6. The fourth-order valence-corrected chi connectivity index (χ4v) is 1.88. The monoisotopic (exact) mass is 280 g/mol. The van der Waals surface area contributed by atoms with Crippen LogP contribution in [0.4, 0.5) is 4.39 Å². The largest absolute Gasteiger partial charge is 0.352 e. The molecule has 3 nitrogen and oxygen atoms in total. The van der Waals surface area contributed by atoms with Crippen molar-refractivity contribution in [2.75, 3.05) is 0 Å². The van der Waals surface area contributed by atoms with Crippen LogP contribution >= 0.6 is 0 Å². The lowest BCUT2D eigenvalue weighted by molar-refractivity contribution is -0.126. The zero-order valence-electron chi connectivity index (χ0n) is 12.7. The normalized spacial score (nSPS) is 15.8. The highest BCUT2D eigenvalue weighted by Gasteiger charge is 2.22. The lowest BCUT2D eigenvalue weighted by Crippen LogP contribution is -2.46. The van der Waals surface area contributed by atoms with E-state index >= 15 is 0 Å². The Morgan fingerprint density at radius 1 is 1.20 bits per heavy atom. The van der Waals surface area contributed by atoms with Crippen LogP contribution in [0.25, 0.3) is 0 Å². The van der Waals surface area contributed by atoms with Crippen LogP contribution in [-0.4, -0.2) is 18.0 Å². The zero-order chi connectivity index (χ0) is 15.3. The second kappa shape index (κ2) is 7.39. The number of benzene rings is 1. The van der Waals surface area contributed by atoms with Crippen molar-refractivity contribution in [2.24, 2.45) is 17.6 Å². The molecule has 0 aromatic heterocycles. The second-order valence-electron chi connectivity index (χ2n) is 5.84. The van der Waals surface area contributed by atoms with Gasteiger partial charge in [-0.25, -0.2) is 4.39 Å². The molecule has 0 aliphatic heterocycles. The molecular formula is C16H25FN2O. The van der Waals surface area contributed by atoms with Gasteiger partial charge >= 0.3 is 0 Å². The van der Waals surface area contributed by atoms with Crippen LogP contribution < -0.4 is 11.1 Å². The lowest BCUT2D eigenvalue weighted by atomic mass is 9.95. The smallest absolute Gasteiger partial charge is 0.224 e. The summed E-state index contributed by atoms with van der Waals surface area (Å²) < 4.78 is 12.9. The van der Waals surface area contributed by atoms with Gasteiger partial charge < -0.3 is 11.1 Å². The maximum atomic E-state index is 12.9. The predicted molar refractivity (Wildman–Crippen MR) is 79.7 cm³/mol. The molecule has 3 atom stereocenters. The molecule has 1 aromatic carbocycles. The van der Waals surface area contributed by atoms with Gasteiger partial charge in [0.2, 0.25) is 5.91 Å². The van der Waals surface area contributed by atoms with Gasteiger partial charge in [-0.05, 0) is 37.0 Å². The van der Waals surface area contributed by atoms with E-state index in [0.29, 0.717) is 12.3 Å². The minimum Gasteiger partial charge on any atom is -0.352 e. The summed E-state index contributed by atoms with van der Waals surface area (Å²) in [6.45, 7) is 7.78. The van der Waals surface area contributed by atoms with Crippen molar-refractivity contribution in [1.29, 1.82) is 0 Å². The third kappa shape index (κ3) is 4.93. The van der Waals surface area contributed by atoms with Crippen molar-refractivity contribution in [3.63, 3.8) is 0 Å². The first-order chi connectivity index (χ1) is 9.31. The van der Waals surface area contributed by atoms with E-state index in [-0.39, 0.29) is 29.7 Å². The number of nitrogens with two attached hydrogens (primary N) is 1. The van der Waals surface area contributed by atoms with Crippen LogP contribution in [0.5, 0.6) is 0 Å². The van der Waals surface area contributed by atoms with Crippen molar-refractivity contribution in [3.05, 3.63) is 35.6 Å². The van der Waals surface area contributed by atoms with E-state index in [0.717, 1.165) is 5.56 Å². The molecule has 0 heterocycles. The molecule has 4 heteroatoms. The van der Waals surface area contributed by atoms with E-state index in [4.69, 9.17) is 5.73 Å². The molecule has 112 valence electrons. The number of carbonyl (C=O) groups excluding carboxylic acids is 1. The van der Waals surface area contributed by atoms with Crippen LogP contribution in [0.2, 0.25) is 0 Å². The Balaban J connectivity index is 2.70. The molecule has 1 amide bonds. The summed E-state index contributed by atoms with van der Waals surface area (Å²) in [7, 11) is 0. The molecule has 0 radical (unpaired) electrons. The molecule has 0 saturated heterocycles. The van der Waals surface area contributed by atoms with Crippen molar-refractivity contribution >= 4 is 5.91 Å². The lowest BCUT2D eigenvalue weighted by Gasteiger charge is -2.25. The van der Waals surface area contributed by atoms with Crippen molar-refractivity contribution in [3.8, 4) is 0 Å². The van der Waals surface area contributed by atoms with Gasteiger partial charge in [-0.1, -0.05) is 32.9 Å². The molecule has 0 saturated carbocycles. The average molecular weight is 280 g/mol. The van der Waals surface area contributed by atoms with Crippen LogP contribution in [0.1, 0.15) is 33.3 Å². The SMILES string of the molecule is CC(C)C(Cc1ccc(F)cc1)NC(=O)C(C)C(C)N. The molecule has 0 aliphatic rings. The second-order valence-corrected chi connectivity index (χ2v) is 5.84. The van der Waals surface area contributed by atoms with Gasteiger partial charge in [0.15, 0.2) is 0 Å².